The van der Waals surface area contributed by atoms with E-state index in [2.05, 4.69) is 4.98 Å². The van der Waals surface area contributed by atoms with Crippen molar-refractivity contribution in [3.05, 3.63) is 35.8 Å². The molecular formula is C16H21N3O2S. The maximum atomic E-state index is 12.3. The number of amides is 1. The molecule has 2 aromatic heterocycles. The lowest BCUT2D eigenvalue weighted by Gasteiger charge is -2.19. The number of nitrogens with zero attached hydrogens (tertiary/aromatic N) is 3. The molecule has 1 aliphatic carbocycles. The lowest BCUT2D eigenvalue weighted by molar-refractivity contribution is -0.128. The van der Waals surface area contributed by atoms with E-state index in [1.54, 1.807) is 0 Å². The summed E-state index contributed by atoms with van der Waals surface area (Å²) in [5.74, 6) is 0.426. The normalized spacial score (nSPS) is 15.9. The lowest BCUT2D eigenvalue weighted by atomic mass is 10.4. The number of rotatable bonds is 6. The second-order valence-electron chi connectivity index (χ2n) is 5.77. The summed E-state index contributed by atoms with van der Waals surface area (Å²) < 4.78 is 14.2. The molecule has 1 amide bonds. The molecule has 0 aliphatic heterocycles. The number of carbonyl (C=O) groups is 1. The van der Waals surface area contributed by atoms with Crippen LogP contribution in [0.5, 0.6) is 0 Å². The Balaban J connectivity index is 1.65. The molecule has 0 saturated heterocycles. The summed E-state index contributed by atoms with van der Waals surface area (Å²) in [6.45, 7) is 4.69. The van der Waals surface area contributed by atoms with Gasteiger partial charge in [-0.3, -0.25) is 9.00 Å². The molecule has 6 heteroatoms. The molecule has 2 aromatic rings. The number of pyridine rings is 1. The van der Waals surface area contributed by atoms with Gasteiger partial charge in [0.2, 0.25) is 5.91 Å². The van der Waals surface area contributed by atoms with Crippen LogP contribution in [-0.2, 0) is 21.3 Å². The molecule has 0 bridgehead atoms. The highest BCUT2D eigenvalue weighted by atomic mass is 32.2. The Kier molecular flexibility index (Phi) is 4.29. The average Bonchev–Trinajstić information content (AvgIpc) is 3.20. The third-order valence-corrected chi connectivity index (χ3v) is 5.17. The number of hydrogen-bond donors (Lipinski definition) is 0. The summed E-state index contributed by atoms with van der Waals surface area (Å²) in [6, 6.07) is 6.27. The van der Waals surface area contributed by atoms with Crippen molar-refractivity contribution in [1.82, 2.24) is 14.3 Å². The fourth-order valence-electron chi connectivity index (χ4n) is 2.73. The predicted molar refractivity (Wildman–Crippen MR) is 87.1 cm³/mol. The molecule has 3 rings (SSSR count). The standard InChI is InChI=1S/C16H21N3O2S/c1-3-18(14-7-8-14)16(20)11-22(21)10-13-9-19-12(2)5-4-6-15(19)17-13/h4-6,9,14H,3,7-8,10-11H2,1-2H3/t22-/m0/s1. The van der Waals surface area contributed by atoms with Crippen LogP contribution in [-0.4, -0.2) is 42.7 Å². The Labute approximate surface area is 132 Å². The van der Waals surface area contributed by atoms with E-state index in [4.69, 9.17) is 0 Å². The van der Waals surface area contributed by atoms with Crippen LogP contribution in [0.1, 0.15) is 31.2 Å². The van der Waals surface area contributed by atoms with Crippen molar-refractivity contribution in [3.63, 3.8) is 0 Å². The zero-order valence-corrected chi connectivity index (χ0v) is 13.8. The first kappa shape index (κ1) is 15.2. The van der Waals surface area contributed by atoms with E-state index in [0.29, 0.717) is 18.3 Å². The quantitative estimate of drug-likeness (QED) is 0.817. The summed E-state index contributed by atoms with van der Waals surface area (Å²) >= 11 is 0. The number of hydrogen-bond acceptors (Lipinski definition) is 3. The largest absolute Gasteiger partial charge is 0.339 e. The van der Waals surface area contributed by atoms with Gasteiger partial charge in [-0.05, 0) is 38.8 Å². The van der Waals surface area contributed by atoms with Gasteiger partial charge < -0.3 is 9.30 Å². The summed E-state index contributed by atoms with van der Waals surface area (Å²) in [5.41, 5.74) is 2.71. The number of carbonyl (C=O) groups excluding carboxylic acids is 1. The second-order valence-corrected chi connectivity index (χ2v) is 7.22. The van der Waals surface area contributed by atoms with Gasteiger partial charge in [-0.15, -0.1) is 0 Å². The first-order valence-electron chi connectivity index (χ1n) is 7.66. The van der Waals surface area contributed by atoms with Gasteiger partial charge >= 0.3 is 0 Å². The molecule has 118 valence electrons. The lowest BCUT2D eigenvalue weighted by Crippen LogP contribution is -2.36. The van der Waals surface area contributed by atoms with Crippen LogP contribution in [0, 0.1) is 6.92 Å². The van der Waals surface area contributed by atoms with Gasteiger partial charge in [-0.2, -0.15) is 0 Å². The van der Waals surface area contributed by atoms with Crippen molar-refractivity contribution in [3.8, 4) is 0 Å². The van der Waals surface area contributed by atoms with Crippen LogP contribution in [0.4, 0.5) is 0 Å². The molecule has 0 aromatic carbocycles. The fourth-order valence-corrected chi connectivity index (χ4v) is 3.74. The Bertz CT molecular complexity index is 721. The first-order chi connectivity index (χ1) is 10.6. The van der Waals surface area contributed by atoms with E-state index < -0.39 is 10.8 Å². The first-order valence-corrected chi connectivity index (χ1v) is 9.15. The highest BCUT2D eigenvalue weighted by Crippen LogP contribution is 2.26. The molecular weight excluding hydrogens is 298 g/mol. The Morgan fingerprint density at radius 1 is 1.45 bits per heavy atom. The second kappa shape index (κ2) is 6.20. The molecule has 0 N–H and O–H groups in total. The van der Waals surface area contributed by atoms with Gasteiger partial charge in [0, 0.05) is 35.3 Å². The van der Waals surface area contributed by atoms with Crippen molar-refractivity contribution in [2.75, 3.05) is 12.3 Å². The third-order valence-electron chi connectivity index (χ3n) is 3.99. The molecule has 1 atom stereocenters. The monoisotopic (exact) mass is 319 g/mol. The van der Waals surface area contributed by atoms with Crippen LogP contribution < -0.4 is 0 Å². The zero-order valence-electron chi connectivity index (χ0n) is 13.0. The molecule has 1 saturated carbocycles. The Morgan fingerprint density at radius 3 is 2.86 bits per heavy atom. The van der Waals surface area contributed by atoms with Gasteiger partial charge in [-0.25, -0.2) is 4.98 Å². The van der Waals surface area contributed by atoms with Gasteiger partial charge in [0.15, 0.2) is 0 Å². The minimum Gasteiger partial charge on any atom is -0.339 e. The molecule has 1 fully saturated rings. The van der Waals surface area contributed by atoms with Crippen molar-refractivity contribution in [2.45, 2.75) is 38.5 Å². The summed E-state index contributed by atoms with van der Waals surface area (Å²) in [7, 11) is -1.21. The third kappa shape index (κ3) is 3.21. The molecule has 1 aliphatic rings. The molecule has 0 spiro atoms. The van der Waals surface area contributed by atoms with Crippen molar-refractivity contribution in [1.29, 1.82) is 0 Å². The highest BCUT2D eigenvalue weighted by Gasteiger charge is 2.31. The van der Waals surface area contributed by atoms with Gasteiger partial charge in [-0.1, -0.05) is 6.07 Å². The SMILES string of the molecule is CCN(C(=O)C[S@@](=O)Cc1cn2c(C)cccc2n1)C1CC1. The van der Waals surface area contributed by atoms with E-state index >= 15 is 0 Å². The van der Waals surface area contributed by atoms with E-state index in [0.717, 1.165) is 29.9 Å². The van der Waals surface area contributed by atoms with E-state index in [1.165, 1.54) is 0 Å². The molecule has 2 heterocycles. The smallest absolute Gasteiger partial charge is 0.235 e. The number of aryl methyl sites for hydroxylation is 1. The minimum atomic E-state index is -1.21. The fraction of sp³-hybridized carbons (Fsp3) is 0.500. The highest BCUT2D eigenvalue weighted by molar-refractivity contribution is 7.84. The van der Waals surface area contributed by atoms with Gasteiger partial charge in [0.1, 0.15) is 11.4 Å². The van der Waals surface area contributed by atoms with Crippen LogP contribution in [0.3, 0.4) is 0 Å². The maximum absolute atomic E-state index is 12.3. The van der Waals surface area contributed by atoms with Gasteiger partial charge in [0.05, 0.1) is 11.4 Å². The van der Waals surface area contributed by atoms with Crippen LogP contribution >= 0.6 is 0 Å². The summed E-state index contributed by atoms with van der Waals surface area (Å²) in [4.78, 5) is 18.5. The Morgan fingerprint density at radius 2 is 2.23 bits per heavy atom. The molecule has 5 nitrogen and oxygen atoms in total. The number of imidazole rings is 1. The maximum Gasteiger partial charge on any atom is 0.235 e. The minimum absolute atomic E-state index is 0.00304. The van der Waals surface area contributed by atoms with E-state index in [1.807, 2.05) is 47.5 Å². The number of aromatic nitrogens is 2. The molecule has 0 radical (unpaired) electrons. The molecule has 0 unspecified atom stereocenters. The topological polar surface area (TPSA) is 54.7 Å². The molecule has 22 heavy (non-hydrogen) atoms. The van der Waals surface area contributed by atoms with Crippen LogP contribution in [0.15, 0.2) is 24.4 Å². The van der Waals surface area contributed by atoms with Crippen LogP contribution in [0.2, 0.25) is 0 Å². The Hall–Kier alpha value is -1.69. The van der Waals surface area contributed by atoms with Crippen molar-refractivity contribution < 1.29 is 9.00 Å². The summed E-state index contributed by atoms with van der Waals surface area (Å²) in [5, 5.41) is 0. The van der Waals surface area contributed by atoms with Crippen molar-refractivity contribution in [2.24, 2.45) is 0 Å². The van der Waals surface area contributed by atoms with Gasteiger partial charge in [0.25, 0.3) is 0 Å². The van der Waals surface area contributed by atoms with E-state index in [-0.39, 0.29) is 11.7 Å². The van der Waals surface area contributed by atoms with Crippen molar-refractivity contribution >= 4 is 22.4 Å². The van der Waals surface area contributed by atoms with E-state index in [9.17, 15) is 9.00 Å². The average molecular weight is 319 g/mol. The number of fused-ring (bicyclic) bond motifs is 1. The van der Waals surface area contributed by atoms with Crippen LogP contribution in [0.25, 0.3) is 5.65 Å². The zero-order chi connectivity index (χ0) is 15.7. The summed E-state index contributed by atoms with van der Waals surface area (Å²) in [6.07, 6.45) is 4.07. The predicted octanol–water partition coefficient (Wildman–Crippen LogP) is 1.90.